The highest BCUT2D eigenvalue weighted by Gasteiger charge is 2.50. The number of nitrogens with two attached hydrogens (primary N) is 1. The molecule has 17 heteroatoms. The van der Waals surface area contributed by atoms with Crippen LogP contribution in [0.1, 0.15) is 28.4 Å². The predicted molar refractivity (Wildman–Crippen MR) is 144 cm³/mol. The number of hydrogen-bond donors (Lipinski definition) is 1. The van der Waals surface area contributed by atoms with Crippen LogP contribution in [0.25, 0.3) is 0 Å². The average molecular weight is 496 g/mol. The zero-order valence-electron chi connectivity index (χ0n) is 19.5. The van der Waals surface area contributed by atoms with E-state index in [1.54, 1.807) is 6.92 Å². The molecule has 2 N–H and O–H groups in total. The van der Waals surface area contributed by atoms with E-state index in [4.69, 9.17) is 82.2 Å². The Morgan fingerprint density at radius 3 is 1.97 bits per heavy atom. The van der Waals surface area contributed by atoms with Gasteiger partial charge in [0.15, 0.2) is 5.50 Å². The fourth-order valence-corrected chi connectivity index (χ4v) is 4.44. The van der Waals surface area contributed by atoms with Crippen molar-refractivity contribution in [1.82, 2.24) is 0 Å². The molecule has 0 saturated heterocycles. The van der Waals surface area contributed by atoms with Gasteiger partial charge in [0, 0.05) is 0 Å². The molecule has 168 valence electrons. The molecule has 16 radical (unpaired) electrons. The molecule has 2 aromatic rings. The summed E-state index contributed by atoms with van der Waals surface area (Å²) in [5.74, 6) is -3.63. The maximum atomic E-state index is 13.2. The van der Waals surface area contributed by atoms with Crippen LogP contribution in [0.2, 0.25) is 0 Å². The number of ketones is 1. The number of Topliss-reactive ketones (excluding diaryl/α,β-unsaturated/α-hetero) is 1. The molecule has 0 fully saturated rings. The van der Waals surface area contributed by atoms with Gasteiger partial charge in [-0.3, -0.25) is 4.79 Å². The maximum absolute atomic E-state index is 13.2. The molecule has 0 saturated carbocycles. The fraction of sp³-hybridized carbons (Fsp3) is 0.200. The Morgan fingerprint density at radius 1 is 1.00 bits per heavy atom. The van der Waals surface area contributed by atoms with Crippen LogP contribution in [0.3, 0.4) is 0 Å². The van der Waals surface area contributed by atoms with Crippen LogP contribution in [-0.4, -0.2) is 89.5 Å². The third-order valence-corrected chi connectivity index (χ3v) is 6.98. The third-order valence-electron chi connectivity index (χ3n) is 5.56. The van der Waals surface area contributed by atoms with Gasteiger partial charge >= 0.3 is 16.1 Å². The number of hydrogen-bond acceptors (Lipinski definition) is 8. The van der Waals surface area contributed by atoms with Crippen LogP contribution >= 0.6 is 0 Å². The summed E-state index contributed by atoms with van der Waals surface area (Å²) in [5, 5.41) is 0. The number of esters is 1. The Labute approximate surface area is 225 Å². The lowest BCUT2D eigenvalue weighted by Gasteiger charge is -2.33. The molecule has 0 aliphatic carbocycles. The zero-order chi connectivity index (χ0) is 28.1. The number of ether oxygens (including phenoxy) is 2. The molecular weight excluding hydrogens is 485 g/mol. The number of rotatable bonds is 7. The molecule has 1 heterocycles. The second-order valence-corrected chi connectivity index (χ2v) is 9.68. The lowest BCUT2D eigenvalue weighted by molar-refractivity contribution is -0.126. The highest BCUT2D eigenvalue weighted by atomic mass is 32.2. The van der Waals surface area contributed by atoms with Crippen LogP contribution in [-0.2, 0) is 38.6 Å². The van der Waals surface area contributed by atoms with E-state index >= 15 is 0 Å². The monoisotopic (exact) mass is 497 g/mol. The van der Waals surface area contributed by atoms with Gasteiger partial charge in [0.05, 0.1) is 32.4 Å². The van der Waals surface area contributed by atoms with Crippen molar-refractivity contribution < 1.29 is 31.7 Å². The second-order valence-electron chi connectivity index (χ2n) is 7.93. The summed E-state index contributed by atoms with van der Waals surface area (Å²) >= 11 is 0. The molecule has 2 aromatic carbocycles. The van der Waals surface area contributed by atoms with Gasteiger partial charge in [-0.05, 0) is 24.6 Å². The summed E-state index contributed by atoms with van der Waals surface area (Å²) < 4.78 is 38.4. The summed E-state index contributed by atoms with van der Waals surface area (Å²) in [4.78, 5) is 25.0. The first-order valence-electron chi connectivity index (χ1n) is 10.3. The minimum absolute atomic E-state index is 0.00354. The van der Waals surface area contributed by atoms with Crippen molar-refractivity contribution in [3.63, 3.8) is 0 Å². The van der Waals surface area contributed by atoms with E-state index in [1.807, 2.05) is 0 Å². The van der Waals surface area contributed by atoms with E-state index in [0.717, 1.165) is 0 Å². The molecule has 0 amide bonds. The molecule has 0 unspecified atom stereocenters. The molecule has 3 rings (SSSR count). The average Bonchev–Trinajstić information content (AvgIpc) is 3.05. The SMILES string of the molecule is [B]c1c([B])c([B])c(C([B])([B])S(=O)(=O)OC2=C(N)O[C@]([B])(c3ccc(C(=O)OCC)cc3)C2=O)c([B])c1[B]. The van der Waals surface area contributed by atoms with Gasteiger partial charge < -0.3 is 19.4 Å². The first-order chi connectivity index (χ1) is 17.0. The lowest BCUT2D eigenvalue weighted by atomic mass is 9.53. The van der Waals surface area contributed by atoms with E-state index in [-0.39, 0.29) is 34.1 Å². The molecule has 1 atom stereocenters. The third kappa shape index (κ3) is 4.67. The van der Waals surface area contributed by atoms with E-state index in [1.165, 1.54) is 24.3 Å². The van der Waals surface area contributed by atoms with Crippen molar-refractivity contribution >= 4 is 112 Å². The van der Waals surface area contributed by atoms with Crippen molar-refractivity contribution in [1.29, 1.82) is 0 Å². The molecule has 1 aliphatic heterocycles. The highest BCUT2D eigenvalue weighted by molar-refractivity contribution is 7.90. The number of carbonyl (C=O) groups excluding carboxylic acids is 2. The van der Waals surface area contributed by atoms with E-state index in [9.17, 15) is 18.0 Å². The Bertz CT molecular complexity index is 1410. The summed E-state index contributed by atoms with van der Waals surface area (Å²) in [6.07, 6.45) is 0. The fourth-order valence-electron chi connectivity index (χ4n) is 3.46. The largest absolute Gasteiger partial charge is 0.467 e. The Balaban J connectivity index is 1.97. The summed E-state index contributed by atoms with van der Waals surface area (Å²) in [6, 6.07) is 5.20. The predicted octanol–water partition coefficient (Wildman–Crippen LogP) is -5.63. The zero-order valence-corrected chi connectivity index (χ0v) is 20.3. The van der Waals surface area contributed by atoms with Gasteiger partial charge in [0.2, 0.25) is 17.4 Å². The van der Waals surface area contributed by atoms with Crippen LogP contribution in [0.15, 0.2) is 35.9 Å². The topological polar surface area (TPSA) is 122 Å². The summed E-state index contributed by atoms with van der Waals surface area (Å²) in [5.41, 5.74) is 1.10. The minimum atomic E-state index is -5.22. The van der Waals surface area contributed by atoms with Crippen molar-refractivity contribution in [3.8, 4) is 0 Å². The quantitative estimate of drug-likeness (QED) is 0.229. The highest BCUT2D eigenvalue weighted by Crippen LogP contribution is 2.37. The summed E-state index contributed by atoms with van der Waals surface area (Å²) in [7, 11) is 41.6. The Kier molecular flexibility index (Phi) is 7.63. The van der Waals surface area contributed by atoms with E-state index in [2.05, 4.69) is 0 Å². The van der Waals surface area contributed by atoms with Crippen molar-refractivity contribution in [2.75, 3.05) is 6.61 Å². The van der Waals surface area contributed by atoms with Crippen molar-refractivity contribution in [3.05, 3.63) is 52.6 Å². The van der Waals surface area contributed by atoms with Crippen molar-refractivity contribution in [2.45, 2.75) is 17.0 Å². The lowest BCUT2D eigenvalue weighted by Crippen LogP contribution is -2.60. The van der Waals surface area contributed by atoms with Crippen LogP contribution < -0.4 is 33.0 Å². The molecule has 0 bridgehead atoms. The normalized spacial score (nSPS) is 17.9. The van der Waals surface area contributed by atoms with Crippen LogP contribution in [0.4, 0.5) is 0 Å². The van der Waals surface area contributed by atoms with Crippen molar-refractivity contribution in [2.24, 2.45) is 5.73 Å². The molecule has 8 nitrogen and oxygen atoms in total. The van der Waals surface area contributed by atoms with Gasteiger partial charge in [-0.1, -0.05) is 17.7 Å². The van der Waals surface area contributed by atoms with Crippen LogP contribution in [0.5, 0.6) is 0 Å². The summed E-state index contributed by atoms with van der Waals surface area (Å²) in [6.45, 7) is 1.78. The Morgan fingerprint density at radius 2 is 1.49 bits per heavy atom. The van der Waals surface area contributed by atoms with Gasteiger partial charge in [0.1, 0.15) is 47.1 Å². The van der Waals surface area contributed by atoms with Gasteiger partial charge in [-0.25, -0.2) is 4.79 Å². The minimum Gasteiger partial charge on any atom is -0.467 e. The van der Waals surface area contributed by atoms with E-state index in [0.29, 0.717) is 0 Å². The number of benzene rings is 2. The second kappa shape index (κ2) is 9.82. The van der Waals surface area contributed by atoms with Gasteiger partial charge in [-0.15, -0.1) is 27.3 Å². The molecule has 1 aliphatic rings. The molecule has 0 spiro atoms. The standard InChI is InChI=1S/C20H11B8NO7S/c1-2-34-18(31)7-3-5-8(6-4-7)19(26)16(30)15(17(29)35-19)36-37(32,33)20(27,28)9-10(21)12(23)14(25)13(24)11(9)22/h3-6H,2,29H2,1H3/t19-/m1/s1. The van der Waals surface area contributed by atoms with Crippen LogP contribution in [0, 0.1) is 0 Å². The molecule has 37 heavy (non-hydrogen) atoms. The van der Waals surface area contributed by atoms with E-state index < -0.39 is 60.0 Å². The molecule has 0 aromatic heterocycles. The first-order valence-corrected chi connectivity index (χ1v) is 11.8. The Hall–Kier alpha value is -2.81. The molecular formula is C20H11B8NO7S. The number of carbonyl (C=O) groups is 2. The smallest absolute Gasteiger partial charge is 0.338 e. The maximum Gasteiger partial charge on any atom is 0.338 e. The van der Waals surface area contributed by atoms with Gasteiger partial charge in [0.25, 0.3) is 0 Å². The van der Waals surface area contributed by atoms with Gasteiger partial charge in [-0.2, -0.15) is 8.42 Å². The first kappa shape index (κ1) is 28.8.